The zero-order valence-corrected chi connectivity index (χ0v) is 13.3. The fraction of sp³-hybridized carbons (Fsp3) is 0.154. The number of rotatable bonds is 4. The number of thiazole rings is 1. The average Bonchev–Trinajstić information content (AvgIpc) is 3.16. The number of methoxy groups -OCH3 is 2. The van der Waals surface area contributed by atoms with Gasteiger partial charge < -0.3 is 9.47 Å². The number of hydrogen-bond acceptors (Lipinski definition) is 6. The topological polar surface area (TPSA) is 71.2 Å². The van der Waals surface area contributed by atoms with Gasteiger partial charge in [-0.3, -0.25) is 0 Å². The van der Waals surface area contributed by atoms with Crippen molar-refractivity contribution in [1.82, 2.24) is 19.3 Å². The zero-order valence-electron chi connectivity index (χ0n) is 11.7. The second-order valence-corrected chi connectivity index (χ2v) is 5.33. The Hall–Kier alpha value is -2.32. The van der Waals surface area contributed by atoms with Crippen LogP contribution in [0.3, 0.4) is 0 Å². The predicted molar refractivity (Wildman–Crippen MR) is 82.9 cm³/mol. The maximum Gasteiger partial charge on any atom is 0.356 e. The highest BCUT2D eigenvalue weighted by atomic mass is 35.5. The van der Waals surface area contributed by atoms with Crippen molar-refractivity contribution in [2.75, 3.05) is 14.2 Å². The maximum atomic E-state index is 12.5. The summed E-state index contributed by atoms with van der Waals surface area (Å²) in [7, 11) is 3.01. The van der Waals surface area contributed by atoms with E-state index >= 15 is 0 Å². The van der Waals surface area contributed by atoms with Gasteiger partial charge in [-0.05, 0) is 6.07 Å². The summed E-state index contributed by atoms with van der Waals surface area (Å²) < 4.78 is 13.0. The molecule has 114 valence electrons. The van der Waals surface area contributed by atoms with Crippen LogP contribution in [0.25, 0.3) is 11.5 Å². The van der Waals surface area contributed by atoms with Gasteiger partial charge in [-0.2, -0.15) is 9.78 Å². The molecule has 0 N–H and O–H groups in total. The molecule has 9 heteroatoms. The second-order valence-electron chi connectivity index (χ2n) is 4.20. The largest absolute Gasteiger partial charge is 0.495 e. The van der Waals surface area contributed by atoms with E-state index in [1.807, 2.05) is 0 Å². The van der Waals surface area contributed by atoms with Crippen LogP contribution in [0.5, 0.6) is 11.5 Å². The minimum absolute atomic E-state index is 0.367. The van der Waals surface area contributed by atoms with E-state index in [4.69, 9.17) is 21.1 Å². The Kier molecular flexibility index (Phi) is 3.86. The van der Waals surface area contributed by atoms with Crippen molar-refractivity contribution in [2.24, 2.45) is 0 Å². The first-order chi connectivity index (χ1) is 10.7. The van der Waals surface area contributed by atoms with Crippen LogP contribution in [0.1, 0.15) is 0 Å². The molecule has 0 amide bonds. The SMILES string of the molecule is COc1cc(OC)c(-n2cnn(-c3cscn3)c2=O)cc1Cl. The number of halogens is 1. The van der Waals surface area contributed by atoms with Crippen LogP contribution >= 0.6 is 22.9 Å². The van der Waals surface area contributed by atoms with Crippen LogP contribution < -0.4 is 15.2 Å². The van der Waals surface area contributed by atoms with Gasteiger partial charge in [0, 0.05) is 11.4 Å². The Bertz CT molecular complexity index is 857. The van der Waals surface area contributed by atoms with E-state index in [0.717, 1.165) is 0 Å². The molecule has 0 radical (unpaired) electrons. The number of benzene rings is 1. The van der Waals surface area contributed by atoms with E-state index in [2.05, 4.69) is 10.1 Å². The van der Waals surface area contributed by atoms with Gasteiger partial charge in [-0.15, -0.1) is 11.3 Å². The van der Waals surface area contributed by atoms with Crippen LogP contribution in [-0.4, -0.2) is 33.6 Å². The predicted octanol–water partition coefficient (Wildman–Crippen LogP) is 2.15. The Morgan fingerprint density at radius 2 is 2.00 bits per heavy atom. The summed E-state index contributed by atoms with van der Waals surface area (Å²) in [5, 5.41) is 6.16. The van der Waals surface area contributed by atoms with Gasteiger partial charge in [-0.1, -0.05) is 11.6 Å². The first-order valence-electron chi connectivity index (χ1n) is 6.13. The van der Waals surface area contributed by atoms with Gasteiger partial charge in [0.05, 0.1) is 30.4 Å². The molecule has 0 aliphatic carbocycles. The molecule has 1 aromatic carbocycles. The second kappa shape index (κ2) is 5.82. The first-order valence-corrected chi connectivity index (χ1v) is 7.45. The minimum Gasteiger partial charge on any atom is -0.495 e. The van der Waals surface area contributed by atoms with Gasteiger partial charge in [0.15, 0.2) is 5.82 Å². The molecule has 7 nitrogen and oxygen atoms in total. The molecule has 0 saturated heterocycles. The van der Waals surface area contributed by atoms with E-state index in [-0.39, 0.29) is 5.69 Å². The van der Waals surface area contributed by atoms with Crippen LogP contribution in [0.2, 0.25) is 5.02 Å². The molecule has 3 aromatic rings. The summed E-state index contributed by atoms with van der Waals surface area (Å²) in [5.74, 6) is 1.37. The highest BCUT2D eigenvalue weighted by Gasteiger charge is 2.16. The Morgan fingerprint density at radius 1 is 1.23 bits per heavy atom. The third-order valence-electron chi connectivity index (χ3n) is 3.02. The van der Waals surface area contributed by atoms with Crippen LogP contribution in [0.4, 0.5) is 0 Å². The van der Waals surface area contributed by atoms with Crippen LogP contribution in [0, 0.1) is 0 Å². The summed E-state index contributed by atoms with van der Waals surface area (Å²) in [6, 6.07) is 3.21. The summed E-state index contributed by atoms with van der Waals surface area (Å²) in [6.45, 7) is 0. The number of hydrogen-bond donors (Lipinski definition) is 0. The number of ether oxygens (including phenoxy) is 2. The Labute approximate surface area is 134 Å². The third-order valence-corrected chi connectivity index (χ3v) is 3.89. The lowest BCUT2D eigenvalue weighted by atomic mass is 10.2. The molecule has 2 aromatic heterocycles. The van der Waals surface area contributed by atoms with Crippen molar-refractivity contribution in [2.45, 2.75) is 0 Å². The highest BCUT2D eigenvalue weighted by molar-refractivity contribution is 7.07. The third kappa shape index (κ3) is 2.36. The van der Waals surface area contributed by atoms with E-state index in [1.54, 1.807) is 23.0 Å². The minimum atomic E-state index is -0.370. The molecule has 0 aliphatic heterocycles. The molecule has 0 aliphatic rings. The van der Waals surface area contributed by atoms with Crippen molar-refractivity contribution < 1.29 is 9.47 Å². The molecule has 2 heterocycles. The Morgan fingerprint density at radius 3 is 2.64 bits per heavy atom. The molecule has 0 fully saturated rings. The van der Waals surface area contributed by atoms with Gasteiger partial charge >= 0.3 is 5.69 Å². The molecule has 0 atom stereocenters. The molecular weight excluding hydrogens is 328 g/mol. The highest BCUT2D eigenvalue weighted by Crippen LogP contribution is 2.34. The Balaban J connectivity index is 2.17. The zero-order chi connectivity index (χ0) is 15.7. The summed E-state index contributed by atoms with van der Waals surface area (Å²) >= 11 is 7.51. The van der Waals surface area contributed by atoms with Gasteiger partial charge in [0.25, 0.3) is 0 Å². The standard InChI is InChI=1S/C13H11ClN4O3S/c1-20-10-4-11(21-2)9(3-8(10)14)17-6-16-18(13(17)19)12-5-22-7-15-12/h3-7H,1-2H3. The van der Waals surface area contributed by atoms with Crippen molar-refractivity contribution in [3.63, 3.8) is 0 Å². The van der Waals surface area contributed by atoms with Gasteiger partial charge in [0.1, 0.15) is 17.8 Å². The fourth-order valence-corrected chi connectivity index (χ4v) is 2.72. The van der Waals surface area contributed by atoms with E-state index in [0.29, 0.717) is 28.0 Å². The molecule has 0 unspecified atom stereocenters. The van der Waals surface area contributed by atoms with E-state index in [1.165, 1.54) is 41.1 Å². The van der Waals surface area contributed by atoms with Crippen molar-refractivity contribution in [3.8, 4) is 23.0 Å². The summed E-state index contributed by atoms with van der Waals surface area (Å²) in [6.07, 6.45) is 1.39. The van der Waals surface area contributed by atoms with Crippen molar-refractivity contribution in [3.05, 3.63) is 44.9 Å². The lowest BCUT2D eigenvalue weighted by molar-refractivity contribution is 0.393. The maximum absolute atomic E-state index is 12.5. The van der Waals surface area contributed by atoms with Crippen LogP contribution in [-0.2, 0) is 0 Å². The number of nitrogens with zero attached hydrogens (tertiary/aromatic N) is 4. The fourth-order valence-electron chi connectivity index (χ4n) is 1.97. The summed E-state index contributed by atoms with van der Waals surface area (Å²) in [4.78, 5) is 16.6. The van der Waals surface area contributed by atoms with Crippen molar-refractivity contribution in [1.29, 1.82) is 0 Å². The molecule has 22 heavy (non-hydrogen) atoms. The lowest BCUT2D eigenvalue weighted by Gasteiger charge is -2.11. The molecule has 0 bridgehead atoms. The van der Waals surface area contributed by atoms with Crippen LogP contribution in [0.15, 0.2) is 34.1 Å². The van der Waals surface area contributed by atoms with E-state index in [9.17, 15) is 4.79 Å². The van der Waals surface area contributed by atoms with Gasteiger partial charge in [-0.25, -0.2) is 14.3 Å². The van der Waals surface area contributed by atoms with Gasteiger partial charge in [0.2, 0.25) is 0 Å². The molecular formula is C13H11ClN4O3S. The van der Waals surface area contributed by atoms with Crippen molar-refractivity contribution >= 4 is 22.9 Å². The normalized spacial score (nSPS) is 10.7. The summed E-state index contributed by atoms with van der Waals surface area (Å²) in [5.41, 5.74) is 1.73. The quantitative estimate of drug-likeness (QED) is 0.729. The number of aromatic nitrogens is 4. The molecule has 0 spiro atoms. The molecule has 0 saturated carbocycles. The average molecular weight is 339 g/mol. The first kappa shape index (κ1) is 14.6. The monoisotopic (exact) mass is 338 g/mol. The van der Waals surface area contributed by atoms with E-state index < -0.39 is 0 Å². The smallest absolute Gasteiger partial charge is 0.356 e. The lowest BCUT2D eigenvalue weighted by Crippen LogP contribution is -2.23. The molecule has 3 rings (SSSR count).